The highest BCUT2D eigenvalue weighted by molar-refractivity contribution is 5.99. The quantitative estimate of drug-likeness (QED) is 0.743. The third-order valence-corrected chi connectivity index (χ3v) is 5.25. The Balaban J connectivity index is 1.92. The molecule has 1 N–H and O–H groups in total. The average Bonchev–Trinajstić information content (AvgIpc) is 2.74. The summed E-state index contributed by atoms with van der Waals surface area (Å²) in [5, 5.41) is 3.11. The summed E-state index contributed by atoms with van der Waals surface area (Å²) in [6.45, 7) is 3.73. The zero-order valence-corrected chi connectivity index (χ0v) is 17.2. The van der Waals surface area contributed by atoms with Gasteiger partial charge in [-0.2, -0.15) is 0 Å². The maximum absolute atomic E-state index is 13.1. The Hall–Kier alpha value is -3.08. The van der Waals surface area contributed by atoms with E-state index >= 15 is 0 Å². The number of amides is 2. The molecule has 2 aromatic rings. The SMILES string of the molecule is C[C@H]1C/C=C/C[C@@H](c2ccccc2)NC(=O)[C@H](C)N(C)C(=O)c2ccccc2O1. The molecule has 1 heterocycles. The molecule has 0 radical (unpaired) electrons. The lowest BCUT2D eigenvalue weighted by Crippen LogP contribution is -2.47. The third-order valence-electron chi connectivity index (χ3n) is 5.25. The van der Waals surface area contributed by atoms with Crippen LogP contribution in [0.3, 0.4) is 0 Å². The maximum atomic E-state index is 13.1. The van der Waals surface area contributed by atoms with Crippen LogP contribution in [0.15, 0.2) is 66.7 Å². The highest BCUT2D eigenvalue weighted by Gasteiger charge is 2.27. The van der Waals surface area contributed by atoms with Gasteiger partial charge in [0, 0.05) is 13.5 Å². The second-order valence-electron chi connectivity index (χ2n) is 7.43. The monoisotopic (exact) mass is 392 g/mol. The standard InChI is InChI=1S/C24H28N2O3/c1-17-11-7-9-15-21(19-12-5-4-6-13-19)25-23(27)18(2)26(3)24(28)20-14-8-10-16-22(20)29-17/h4-10,12-14,16-18,21H,11,15H2,1-3H3,(H,25,27)/b9-7+/t17-,18-,21-/m0/s1. The first-order valence-corrected chi connectivity index (χ1v) is 10.0. The summed E-state index contributed by atoms with van der Waals surface area (Å²) in [5.74, 6) is 0.114. The molecule has 29 heavy (non-hydrogen) atoms. The van der Waals surface area contributed by atoms with Gasteiger partial charge in [-0.3, -0.25) is 9.59 Å². The van der Waals surface area contributed by atoms with Crippen molar-refractivity contribution in [2.24, 2.45) is 0 Å². The Morgan fingerprint density at radius 1 is 0.931 bits per heavy atom. The molecule has 1 aliphatic rings. The van der Waals surface area contributed by atoms with Crippen molar-refractivity contribution in [3.05, 3.63) is 77.9 Å². The van der Waals surface area contributed by atoms with E-state index in [4.69, 9.17) is 4.74 Å². The molecule has 0 aliphatic carbocycles. The zero-order chi connectivity index (χ0) is 20.8. The van der Waals surface area contributed by atoms with Gasteiger partial charge >= 0.3 is 0 Å². The fraction of sp³-hybridized carbons (Fsp3) is 0.333. The lowest BCUT2D eigenvalue weighted by molar-refractivity contribution is -0.125. The second-order valence-corrected chi connectivity index (χ2v) is 7.43. The van der Waals surface area contributed by atoms with Crippen molar-refractivity contribution < 1.29 is 14.3 Å². The van der Waals surface area contributed by atoms with Crippen LogP contribution in [0.4, 0.5) is 0 Å². The topological polar surface area (TPSA) is 58.6 Å². The highest BCUT2D eigenvalue weighted by atomic mass is 16.5. The van der Waals surface area contributed by atoms with Crippen molar-refractivity contribution in [2.75, 3.05) is 7.05 Å². The highest BCUT2D eigenvalue weighted by Crippen LogP contribution is 2.24. The lowest BCUT2D eigenvalue weighted by atomic mass is 10.0. The molecule has 5 heteroatoms. The van der Waals surface area contributed by atoms with Crippen molar-refractivity contribution in [3.8, 4) is 5.75 Å². The summed E-state index contributed by atoms with van der Waals surface area (Å²) in [7, 11) is 1.65. The molecular weight excluding hydrogens is 364 g/mol. The van der Waals surface area contributed by atoms with Gasteiger partial charge in [-0.25, -0.2) is 0 Å². The van der Waals surface area contributed by atoms with Gasteiger partial charge in [-0.1, -0.05) is 54.6 Å². The van der Waals surface area contributed by atoms with Gasteiger partial charge in [0.25, 0.3) is 5.91 Å². The number of nitrogens with zero attached hydrogens (tertiary/aromatic N) is 1. The van der Waals surface area contributed by atoms with Gasteiger partial charge in [0.2, 0.25) is 5.91 Å². The summed E-state index contributed by atoms with van der Waals surface area (Å²) >= 11 is 0. The van der Waals surface area contributed by atoms with Crippen molar-refractivity contribution in [3.63, 3.8) is 0 Å². The van der Waals surface area contributed by atoms with E-state index in [-0.39, 0.29) is 24.0 Å². The van der Waals surface area contributed by atoms with Crippen LogP contribution in [0.25, 0.3) is 0 Å². The number of nitrogens with one attached hydrogen (secondary N) is 1. The Bertz CT molecular complexity index is 879. The van der Waals surface area contributed by atoms with E-state index in [0.29, 0.717) is 24.2 Å². The minimum absolute atomic E-state index is 0.0735. The van der Waals surface area contributed by atoms with E-state index in [2.05, 4.69) is 17.5 Å². The van der Waals surface area contributed by atoms with Crippen molar-refractivity contribution in [1.82, 2.24) is 10.2 Å². The molecule has 2 amide bonds. The van der Waals surface area contributed by atoms with E-state index in [0.717, 1.165) is 5.56 Å². The van der Waals surface area contributed by atoms with Gasteiger partial charge in [0.15, 0.2) is 0 Å². The molecule has 5 nitrogen and oxygen atoms in total. The fourth-order valence-corrected chi connectivity index (χ4v) is 3.33. The van der Waals surface area contributed by atoms with Crippen molar-refractivity contribution in [2.45, 2.75) is 44.9 Å². The number of rotatable bonds is 1. The predicted octanol–water partition coefficient (Wildman–Crippen LogP) is 4.12. The molecule has 0 saturated carbocycles. The van der Waals surface area contributed by atoms with Gasteiger partial charge in [0.1, 0.15) is 11.8 Å². The van der Waals surface area contributed by atoms with Gasteiger partial charge in [0.05, 0.1) is 17.7 Å². The summed E-state index contributed by atoms with van der Waals surface area (Å²) < 4.78 is 6.03. The average molecular weight is 392 g/mol. The van der Waals surface area contributed by atoms with E-state index in [1.165, 1.54) is 4.90 Å². The number of hydrogen-bond donors (Lipinski definition) is 1. The second kappa shape index (κ2) is 9.41. The van der Waals surface area contributed by atoms with Crippen LogP contribution in [-0.2, 0) is 4.79 Å². The molecule has 2 aromatic carbocycles. The molecular formula is C24H28N2O3. The van der Waals surface area contributed by atoms with Crippen LogP contribution in [0.5, 0.6) is 5.75 Å². The third kappa shape index (κ3) is 5.05. The summed E-state index contributed by atoms with van der Waals surface area (Å²) in [6.07, 6.45) is 5.46. The number of likely N-dealkylation sites (N-methyl/N-ethyl adjacent to an activating group) is 1. The van der Waals surface area contributed by atoms with E-state index in [1.807, 2.05) is 43.3 Å². The number of ether oxygens (including phenoxy) is 1. The first kappa shape index (κ1) is 20.6. The van der Waals surface area contributed by atoms with E-state index in [1.54, 1.807) is 32.2 Å². The molecule has 3 rings (SSSR count). The van der Waals surface area contributed by atoms with Gasteiger partial charge < -0.3 is 15.0 Å². The minimum Gasteiger partial charge on any atom is -0.490 e. The Labute approximate surface area is 172 Å². The number of hydrogen-bond acceptors (Lipinski definition) is 3. The van der Waals surface area contributed by atoms with Crippen LogP contribution in [-0.4, -0.2) is 35.9 Å². The molecule has 0 unspecified atom stereocenters. The minimum atomic E-state index is -0.619. The van der Waals surface area contributed by atoms with Crippen LogP contribution in [0.2, 0.25) is 0 Å². The predicted molar refractivity (Wildman–Crippen MR) is 114 cm³/mol. The zero-order valence-electron chi connectivity index (χ0n) is 17.2. The number of carbonyl (C=O) groups is 2. The molecule has 0 saturated heterocycles. The summed E-state index contributed by atoms with van der Waals surface area (Å²) in [5.41, 5.74) is 1.50. The Morgan fingerprint density at radius 2 is 1.59 bits per heavy atom. The van der Waals surface area contributed by atoms with Crippen LogP contribution in [0.1, 0.15) is 48.7 Å². The number of para-hydroxylation sites is 1. The summed E-state index contributed by atoms with van der Waals surface area (Å²) in [4.78, 5) is 27.5. The fourth-order valence-electron chi connectivity index (χ4n) is 3.33. The lowest BCUT2D eigenvalue weighted by Gasteiger charge is -2.28. The number of benzene rings is 2. The first-order valence-electron chi connectivity index (χ1n) is 10.0. The molecule has 0 bridgehead atoms. The normalized spacial score (nSPS) is 24.7. The maximum Gasteiger partial charge on any atom is 0.258 e. The van der Waals surface area contributed by atoms with E-state index < -0.39 is 6.04 Å². The smallest absolute Gasteiger partial charge is 0.258 e. The molecule has 1 aliphatic heterocycles. The number of fused-ring (bicyclic) bond motifs is 1. The van der Waals surface area contributed by atoms with Crippen LogP contribution >= 0.6 is 0 Å². The van der Waals surface area contributed by atoms with Gasteiger partial charge in [-0.15, -0.1) is 0 Å². The van der Waals surface area contributed by atoms with Crippen molar-refractivity contribution >= 4 is 11.8 Å². The van der Waals surface area contributed by atoms with E-state index in [9.17, 15) is 9.59 Å². The van der Waals surface area contributed by atoms with Crippen LogP contribution in [0, 0.1) is 0 Å². The molecule has 3 atom stereocenters. The summed E-state index contributed by atoms with van der Waals surface area (Å²) in [6, 6.07) is 16.3. The Morgan fingerprint density at radius 3 is 2.34 bits per heavy atom. The van der Waals surface area contributed by atoms with Crippen LogP contribution < -0.4 is 10.1 Å². The first-order chi connectivity index (χ1) is 14.0. The Kier molecular flexibility index (Phi) is 6.70. The number of carbonyl (C=O) groups excluding carboxylic acids is 2. The van der Waals surface area contributed by atoms with Crippen molar-refractivity contribution in [1.29, 1.82) is 0 Å². The molecule has 0 fully saturated rings. The van der Waals surface area contributed by atoms with Gasteiger partial charge in [-0.05, 0) is 38.0 Å². The largest absolute Gasteiger partial charge is 0.490 e. The molecule has 0 spiro atoms. The molecule has 0 aromatic heterocycles. The molecule has 152 valence electrons.